The SMILES string of the molecule is Cc1ccc(C(=O)NC2CCC(N)CC2)cc1[N+](=O)[O-]. The molecular formula is C14H19N3O3. The number of rotatable bonds is 3. The van der Waals surface area contributed by atoms with Gasteiger partial charge < -0.3 is 11.1 Å². The molecule has 3 N–H and O–H groups in total. The van der Waals surface area contributed by atoms with E-state index in [0.29, 0.717) is 11.1 Å². The number of carbonyl (C=O) groups is 1. The van der Waals surface area contributed by atoms with Crippen LogP contribution in [-0.4, -0.2) is 22.9 Å². The molecule has 0 saturated heterocycles. The lowest BCUT2D eigenvalue weighted by molar-refractivity contribution is -0.385. The quantitative estimate of drug-likeness (QED) is 0.651. The zero-order valence-electron chi connectivity index (χ0n) is 11.5. The second-order valence-corrected chi connectivity index (χ2v) is 5.34. The monoisotopic (exact) mass is 277 g/mol. The van der Waals surface area contributed by atoms with E-state index < -0.39 is 4.92 Å². The molecule has 0 atom stereocenters. The van der Waals surface area contributed by atoms with Crippen LogP contribution in [-0.2, 0) is 0 Å². The van der Waals surface area contributed by atoms with Gasteiger partial charge in [-0.3, -0.25) is 14.9 Å². The first-order chi connectivity index (χ1) is 9.47. The Kier molecular flexibility index (Phi) is 4.34. The summed E-state index contributed by atoms with van der Waals surface area (Å²) in [4.78, 5) is 22.5. The summed E-state index contributed by atoms with van der Waals surface area (Å²) in [6.07, 6.45) is 3.53. The van der Waals surface area contributed by atoms with Crippen molar-refractivity contribution in [3.05, 3.63) is 39.4 Å². The molecule has 1 aliphatic carbocycles. The molecule has 1 aromatic rings. The highest BCUT2D eigenvalue weighted by Crippen LogP contribution is 2.21. The van der Waals surface area contributed by atoms with Gasteiger partial charge in [0.15, 0.2) is 0 Å². The third-order valence-corrected chi connectivity index (χ3v) is 3.78. The number of nitrogens with zero attached hydrogens (tertiary/aromatic N) is 1. The molecule has 0 heterocycles. The molecule has 1 fully saturated rings. The highest BCUT2D eigenvalue weighted by Gasteiger charge is 2.21. The van der Waals surface area contributed by atoms with E-state index in [9.17, 15) is 14.9 Å². The molecule has 0 aliphatic heterocycles. The number of hydrogen-bond donors (Lipinski definition) is 2. The number of hydrogen-bond acceptors (Lipinski definition) is 4. The summed E-state index contributed by atoms with van der Waals surface area (Å²) in [5.41, 5.74) is 6.68. The van der Waals surface area contributed by atoms with E-state index in [4.69, 9.17) is 5.73 Å². The van der Waals surface area contributed by atoms with Crippen molar-refractivity contribution < 1.29 is 9.72 Å². The van der Waals surface area contributed by atoms with Crippen molar-refractivity contribution in [1.29, 1.82) is 0 Å². The van der Waals surface area contributed by atoms with Crippen molar-refractivity contribution in [3.8, 4) is 0 Å². The molecule has 20 heavy (non-hydrogen) atoms. The molecule has 0 spiro atoms. The van der Waals surface area contributed by atoms with Gasteiger partial charge in [-0.25, -0.2) is 0 Å². The van der Waals surface area contributed by atoms with Crippen LogP contribution < -0.4 is 11.1 Å². The van der Waals surface area contributed by atoms with E-state index >= 15 is 0 Å². The Bertz CT molecular complexity index is 522. The van der Waals surface area contributed by atoms with Gasteiger partial charge in [-0.2, -0.15) is 0 Å². The van der Waals surface area contributed by atoms with Crippen LogP contribution in [0, 0.1) is 17.0 Å². The van der Waals surface area contributed by atoms with E-state index in [-0.39, 0.29) is 23.7 Å². The zero-order chi connectivity index (χ0) is 14.7. The lowest BCUT2D eigenvalue weighted by atomic mass is 9.91. The van der Waals surface area contributed by atoms with Crippen LogP contribution in [0.1, 0.15) is 41.6 Å². The van der Waals surface area contributed by atoms with Crippen LogP contribution in [0.2, 0.25) is 0 Å². The van der Waals surface area contributed by atoms with E-state index in [2.05, 4.69) is 5.32 Å². The van der Waals surface area contributed by atoms with E-state index in [1.54, 1.807) is 19.1 Å². The maximum Gasteiger partial charge on any atom is 0.273 e. The summed E-state index contributed by atoms with van der Waals surface area (Å²) in [6.45, 7) is 1.66. The molecule has 1 aromatic carbocycles. The first-order valence-electron chi connectivity index (χ1n) is 6.79. The topological polar surface area (TPSA) is 98.3 Å². The van der Waals surface area contributed by atoms with Crippen molar-refractivity contribution >= 4 is 11.6 Å². The minimum atomic E-state index is -0.467. The Balaban J connectivity index is 2.06. The second-order valence-electron chi connectivity index (χ2n) is 5.34. The molecule has 1 saturated carbocycles. The third-order valence-electron chi connectivity index (χ3n) is 3.78. The minimum Gasteiger partial charge on any atom is -0.349 e. The van der Waals surface area contributed by atoms with Gasteiger partial charge in [0, 0.05) is 29.3 Å². The Hall–Kier alpha value is -1.95. The average Bonchev–Trinajstić information content (AvgIpc) is 2.41. The number of nitro benzene ring substituents is 1. The molecule has 108 valence electrons. The van der Waals surface area contributed by atoms with Crippen molar-refractivity contribution in [1.82, 2.24) is 5.32 Å². The summed E-state index contributed by atoms with van der Waals surface area (Å²) >= 11 is 0. The van der Waals surface area contributed by atoms with Crippen molar-refractivity contribution in [2.24, 2.45) is 5.73 Å². The fourth-order valence-corrected chi connectivity index (χ4v) is 2.48. The van der Waals surface area contributed by atoms with Crippen LogP contribution in [0.25, 0.3) is 0 Å². The summed E-state index contributed by atoms with van der Waals surface area (Å²) in [5, 5.41) is 13.8. The predicted octanol–water partition coefficient (Wildman–Crippen LogP) is 1.90. The van der Waals surface area contributed by atoms with E-state index in [1.165, 1.54) is 6.07 Å². The lowest BCUT2D eigenvalue weighted by Crippen LogP contribution is -2.40. The van der Waals surface area contributed by atoms with Gasteiger partial charge in [0.1, 0.15) is 0 Å². The predicted molar refractivity (Wildman–Crippen MR) is 75.5 cm³/mol. The number of aryl methyl sites for hydroxylation is 1. The fourth-order valence-electron chi connectivity index (χ4n) is 2.48. The molecule has 0 unspecified atom stereocenters. The van der Waals surface area contributed by atoms with Gasteiger partial charge in [0.2, 0.25) is 0 Å². The minimum absolute atomic E-state index is 0.0247. The van der Waals surface area contributed by atoms with Gasteiger partial charge in [-0.15, -0.1) is 0 Å². The molecule has 0 aromatic heterocycles. The molecule has 0 bridgehead atoms. The number of benzene rings is 1. The van der Waals surface area contributed by atoms with Crippen LogP contribution in [0.3, 0.4) is 0 Å². The van der Waals surface area contributed by atoms with Gasteiger partial charge in [0.25, 0.3) is 11.6 Å². The van der Waals surface area contributed by atoms with Gasteiger partial charge in [-0.05, 0) is 38.7 Å². The molecule has 1 amide bonds. The summed E-state index contributed by atoms with van der Waals surface area (Å²) in [7, 11) is 0. The standard InChI is InChI=1S/C14H19N3O3/c1-9-2-3-10(8-13(9)17(19)20)14(18)16-12-6-4-11(15)5-7-12/h2-3,8,11-12H,4-7,15H2,1H3,(H,16,18). The molecular weight excluding hydrogens is 258 g/mol. The average molecular weight is 277 g/mol. The van der Waals surface area contributed by atoms with Gasteiger partial charge in [0.05, 0.1) is 4.92 Å². The molecule has 6 heteroatoms. The second kappa shape index (κ2) is 6.00. The third kappa shape index (κ3) is 3.33. The number of nitro groups is 1. The first-order valence-corrected chi connectivity index (χ1v) is 6.79. The maximum atomic E-state index is 12.1. The maximum absolute atomic E-state index is 12.1. The van der Waals surface area contributed by atoms with Crippen molar-refractivity contribution in [3.63, 3.8) is 0 Å². The Morgan fingerprint density at radius 1 is 1.35 bits per heavy atom. The normalized spacial score (nSPS) is 22.3. The fraction of sp³-hybridized carbons (Fsp3) is 0.500. The Morgan fingerprint density at radius 2 is 2.00 bits per heavy atom. The number of carbonyl (C=O) groups excluding carboxylic acids is 1. The number of nitrogens with two attached hydrogens (primary N) is 1. The summed E-state index contributed by atoms with van der Waals surface area (Å²) < 4.78 is 0. The molecule has 1 aliphatic rings. The smallest absolute Gasteiger partial charge is 0.273 e. The lowest BCUT2D eigenvalue weighted by Gasteiger charge is -2.26. The summed E-state index contributed by atoms with van der Waals surface area (Å²) in [6, 6.07) is 4.89. The highest BCUT2D eigenvalue weighted by molar-refractivity contribution is 5.95. The van der Waals surface area contributed by atoms with E-state index in [0.717, 1.165) is 25.7 Å². The molecule has 6 nitrogen and oxygen atoms in total. The molecule has 2 rings (SSSR count). The molecule has 0 radical (unpaired) electrons. The van der Waals surface area contributed by atoms with Crippen LogP contribution >= 0.6 is 0 Å². The van der Waals surface area contributed by atoms with Crippen LogP contribution in [0.15, 0.2) is 18.2 Å². The Morgan fingerprint density at radius 3 is 2.60 bits per heavy atom. The van der Waals surface area contributed by atoms with Crippen molar-refractivity contribution in [2.45, 2.75) is 44.7 Å². The zero-order valence-corrected chi connectivity index (χ0v) is 11.5. The first kappa shape index (κ1) is 14.5. The largest absolute Gasteiger partial charge is 0.349 e. The van der Waals surface area contributed by atoms with Gasteiger partial charge >= 0.3 is 0 Å². The van der Waals surface area contributed by atoms with E-state index in [1.807, 2.05) is 0 Å². The van der Waals surface area contributed by atoms with Gasteiger partial charge in [-0.1, -0.05) is 6.07 Å². The summed E-state index contributed by atoms with van der Waals surface area (Å²) in [5.74, 6) is -0.256. The Labute approximate surface area is 117 Å². The number of amides is 1. The van der Waals surface area contributed by atoms with Crippen molar-refractivity contribution in [2.75, 3.05) is 0 Å². The highest BCUT2D eigenvalue weighted by atomic mass is 16.6. The van der Waals surface area contributed by atoms with Crippen LogP contribution in [0.4, 0.5) is 5.69 Å². The number of nitrogens with one attached hydrogen (secondary N) is 1. The van der Waals surface area contributed by atoms with Crippen LogP contribution in [0.5, 0.6) is 0 Å².